The topological polar surface area (TPSA) is 58.6 Å². The van der Waals surface area contributed by atoms with E-state index in [9.17, 15) is 0 Å². The summed E-state index contributed by atoms with van der Waals surface area (Å²) in [5, 5.41) is 10.9. The fourth-order valence-electron chi connectivity index (χ4n) is 4.46. The van der Waals surface area contributed by atoms with Crippen LogP contribution < -0.4 is 0 Å². The number of para-hydroxylation sites is 1. The maximum atomic E-state index is 6.38. The number of hydrogen-bond acceptors (Lipinski definition) is 3. The second kappa shape index (κ2) is 6.86. The summed E-state index contributed by atoms with van der Waals surface area (Å²) >= 11 is 0. The zero-order chi connectivity index (χ0) is 21.8. The van der Waals surface area contributed by atoms with Crippen LogP contribution in [0.25, 0.3) is 44.9 Å². The van der Waals surface area contributed by atoms with E-state index in [4.69, 9.17) is 4.42 Å². The molecule has 5 heterocycles. The number of benzene rings is 2. The standard InChI is InChI=1S/C26H18N6O/c1-6-20-21-18-19(29-14-2-8-24(29)31-16-4-12-27-31)10-11-23(21)33-26(20)22(7-1)30-15-3-9-25(30)32-17-5-13-28-32/h1-18H. The number of furan rings is 1. The number of hydrogen-bond donors (Lipinski definition) is 0. The lowest BCUT2D eigenvalue weighted by molar-refractivity contribution is 0.664. The predicted molar refractivity (Wildman–Crippen MR) is 127 cm³/mol. The van der Waals surface area contributed by atoms with E-state index in [-0.39, 0.29) is 0 Å². The minimum absolute atomic E-state index is 0.842. The first-order chi connectivity index (χ1) is 16.4. The lowest BCUT2D eigenvalue weighted by Gasteiger charge is -2.10. The van der Waals surface area contributed by atoms with E-state index in [0.717, 1.165) is 44.9 Å². The van der Waals surface area contributed by atoms with Gasteiger partial charge in [-0.25, -0.2) is 9.36 Å². The first kappa shape index (κ1) is 17.9. The van der Waals surface area contributed by atoms with Gasteiger partial charge in [-0.15, -0.1) is 0 Å². The Hall–Kier alpha value is -4.78. The summed E-state index contributed by atoms with van der Waals surface area (Å²) in [6.07, 6.45) is 11.5. The maximum absolute atomic E-state index is 6.38. The summed E-state index contributed by atoms with van der Waals surface area (Å²) < 4.78 is 14.3. The fraction of sp³-hybridized carbons (Fsp3) is 0. The second-order valence-corrected chi connectivity index (χ2v) is 7.81. The van der Waals surface area contributed by atoms with Crippen LogP contribution in [0.2, 0.25) is 0 Å². The van der Waals surface area contributed by atoms with Gasteiger partial charge in [-0.3, -0.25) is 4.57 Å². The van der Waals surface area contributed by atoms with Crippen LogP contribution in [0, 0.1) is 0 Å². The summed E-state index contributed by atoms with van der Waals surface area (Å²) in [5.74, 6) is 1.92. The highest BCUT2D eigenvalue weighted by Crippen LogP contribution is 2.35. The Bertz CT molecular complexity index is 1710. The van der Waals surface area contributed by atoms with Crippen LogP contribution in [0.3, 0.4) is 0 Å². The van der Waals surface area contributed by atoms with Gasteiger partial charge in [0.15, 0.2) is 5.58 Å². The van der Waals surface area contributed by atoms with Gasteiger partial charge >= 0.3 is 0 Å². The average Bonchev–Trinajstić information content (AvgIpc) is 3.67. The van der Waals surface area contributed by atoms with E-state index in [1.807, 2.05) is 76.6 Å². The van der Waals surface area contributed by atoms with Gasteiger partial charge in [0, 0.05) is 53.6 Å². The molecular weight excluding hydrogens is 412 g/mol. The van der Waals surface area contributed by atoms with Gasteiger partial charge in [0.25, 0.3) is 0 Å². The maximum Gasteiger partial charge on any atom is 0.159 e. The zero-order valence-corrected chi connectivity index (χ0v) is 17.5. The molecular formula is C26H18N6O. The van der Waals surface area contributed by atoms with Crippen LogP contribution in [0.5, 0.6) is 0 Å². The van der Waals surface area contributed by atoms with Crippen molar-refractivity contribution < 1.29 is 4.42 Å². The van der Waals surface area contributed by atoms with Crippen molar-refractivity contribution in [1.29, 1.82) is 0 Å². The molecule has 7 nitrogen and oxygen atoms in total. The van der Waals surface area contributed by atoms with Crippen LogP contribution in [0.4, 0.5) is 0 Å². The van der Waals surface area contributed by atoms with E-state index in [0.29, 0.717) is 0 Å². The third kappa shape index (κ3) is 2.69. The summed E-state index contributed by atoms with van der Waals surface area (Å²) in [7, 11) is 0. The summed E-state index contributed by atoms with van der Waals surface area (Å²) in [4.78, 5) is 0. The van der Waals surface area contributed by atoms with Gasteiger partial charge in [0.1, 0.15) is 17.2 Å². The van der Waals surface area contributed by atoms with E-state index in [1.54, 1.807) is 12.4 Å². The second-order valence-electron chi connectivity index (χ2n) is 7.81. The lowest BCUT2D eigenvalue weighted by Crippen LogP contribution is -2.03. The number of aromatic nitrogens is 6. The molecule has 158 valence electrons. The third-order valence-electron chi connectivity index (χ3n) is 5.93. The molecule has 7 aromatic rings. The molecule has 0 saturated heterocycles. The van der Waals surface area contributed by atoms with Crippen molar-refractivity contribution in [2.45, 2.75) is 0 Å². The number of nitrogens with zero attached hydrogens (tertiary/aromatic N) is 6. The van der Waals surface area contributed by atoms with E-state index >= 15 is 0 Å². The van der Waals surface area contributed by atoms with E-state index in [1.165, 1.54) is 0 Å². The molecule has 0 N–H and O–H groups in total. The summed E-state index contributed by atoms with van der Waals surface area (Å²) in [6.45, 7) is 0. The summed E-state index contributed by atoms with van der Waals surface area (Å²) in [6, 6.07) is 24.5. The molecule has 0 unspecified atom stereocenters. The minimum Gasteiger partial charge on any atom is -0.454 e. The van der Waals surface area contributed by atoms with Crippen molar-refractivity contribution in [3.8, 4) is 23.0 Å². The monoisotopic (exact) mass is 430 g/mol. The minimum atomic E-state index is 0.842. The van der Waals surface area contributed by atoms with Crippen LogP contribution in [-0.2, 0) is 0 Å². The molecule has 0 atom stereocenters. The molecule has 0 bridgehead atoms. The van der Waals surface area contributed by atoms with Gasteiger partial charge < -0.3 is 8.98 Å². The molecule has 7 heteroatoms. The number of rotatable bonds is 4. The quantitative estimate of drug-likeness (QED) is 0.368. The predicted octanol–water partition coefficient (Wildman–Crippen LogP) is 5.54. The van der Waals surface area contributed by atoms with Crippen LogP contribution >= 0.6 is 0 Å². The van der Waals surface area contributed by atoms with Gasteiger partial charge in [0.2, 0.25) is 0 Å². The van der Waals surface area contributed by atoms with Crippen molar-refractivity contribution in [3.63, 3.8) is 0 Å². The number of fused-ring (bicyclic) bond motifs is 3. The first-order valence-corrected chi connectivity index (χ1v) is 10.7. The molecule has 0 amide bonds. The normalized spacial score (nSPS) is 11.6. The molecule has 0 aliphatic carbocycles. The lowest BCUT2D eigenvalue weighted by atomic mass is 10.1. The van der Waals surface area contributed by atoms with Gasteiger partial charge in [-0.2, -0.15) is 10.2 Å². The van der Waals surface area contributed by atoms with Crippen LogP contribution in [0.15, 0.2) is 114 Å². The van der Waals surface area contributed by atoms with Gasteiger partial charge in [0.05, 0.1) is 5.69 Å². The smallest absolute Gasteiger partial charge is 0.159 e. The van der Waals surface area contributed by atoms with Crippen molar-refractivity contribution >= 4 is 21.9 Å². The molecule has 33 heavy (non-hydrogen) atoms. The molecule has 0 saturated carbocycles. The Morgan fingerprint density at radius 2 is 1.33 bits per heavy atom. The Kier molecular flexibility index (Phi) is 3.71. The molecule has 0 radical (unpaired) electrons. The molecule has 0 aliphatic heterocycles. The summed E-state index contributed by atoms with van der Waals surface area (Å²) in [5.41, 5.74) is 3.71. The molecule has 2 aromatic carbocycles. The van der Waals surface area contributed by atoms with Crippen LogP contribution in [0.1, 0.15) is 0 Å². The largest absolute Gasteiger partial charge is 0.454 e. The SMILES string of the molecule is c1cc(-n2cccc2-n2cccn2)c2oc3ccc(-n4cccc4-n4cccn4)cc3c2c1. The highest BCUT2D eigenvalue weighted by Gasteiger charge is 2.16. The average molecular weight is 430 g/mol. The Morgan fingerprint density at radius 1 is 0.606 bits per heavy atom. The fourth-order valence-corrected chi connectivity index (χ4v) is 4.46. The highest BCUT2D eigenvalue weighted by atomic mass is 16.3. The Morgan fingerprint density at radius 3 is 2.06 bits per heavy atom. The zero-order valence-electron chi connectivity index (χ0n) is 17.5. The van der Waals surface area contributed by atoms with Crippen molar-refractivity contribution in [1.82, 2.24) is 28.7 Å². The van der Waals surface area contributed by atoms with Crippen molar-refractivity contribution in [2.24, 2.45) is 0 Å². The molecule has 0 fully saturated rings. The highest BCUT2D eigenvalue weighted by molar-refractivity contribution is 6.08. The Labute approximate surface area is 188 Å². The molecule has 7 rings (SSSR count). The van der Waals surface area contributed by atoms with E-state index in [2.05, 4.69) is 49.7 Å². The molecule has 0 aliphatic rings. The van der Waals surface area contributed by atoms with Crippen LogP contribution in [-0.4, -0.2) is 28.7 Å². The van der Waals surface area contributed by atoms with Crippen molar-refractivity contribution in [2.75, 3.05) is 0 Å². The molecule has 0 spiro atoms. The molecule has 5 aromatic heterocycles. The van der Waals surface area contributed by atoms with Gasteiger partial charge in [-0.05, 0) is 60.7 Å². The van der Waals surface area contributed by atoms with E-state index < -0.39 is 0 Å². The van der Waals surface area contributed by atoms with Crippen molar-refractivity contribution in [3.05, 3.63) is 110 Å². The Balaban J connectivity index is 1.42. The third-order valence-corrected chi connectivity index (χ3v) is 5.93. The van der Waals surface area contributed by atoms with Gasteiger partial charge in [-0.1, -0.05) is 12.1 Å². The first-order valence-electron chi connectivity index (χ1n) is 10.7.